The maximum Gasteiger partial charge on any atom is 0.255 e. The molecule has 1 aromatic rings. The molecule has 1 aromatic carbocycles. The molecule has 3 nitrogen and oxygen atoms in total. The molecular formula is C12H14BrFN2O. The standard InChI is InChI=1S/C12H14BrFN2O/c13-11-9(4-1-5-10(11)14)12(17)16-6-2-3-8(15)7-16/h1,4-5,8H,2-3,6-7,15H2. The highest BCUT2D eigenvalue weighted by Gasteiger charge is 2.24. The van der Waals surface area contributed by atoms with E-state index in [1.807, 2.05) is 0 Å². The van der Waals surface area contributed by atoms with Crippen LogP contribution >= 0.6 is 15.9 Å². The lowest BCUT2D eigenvalue weighted by Crippen LogP contribution is -2.45. The molecule has 0 radical (unpaired) electrons. The van der Waals surface area contributed by atoms with Crippen molar-refractivity contribution in [2.45, 2.75) is 18.9 Å². The second kappa shape index (κ2) is 5.14. The molecule has 1 fully saturated rings. The van der Waals surface area contributed by atoms with Crippen molar-refractivity contribution in [1.82, 2.24) is 4.90 Å². The molecule has 1 unspecified atom stereocenters. The number of hydrogen-bond donors (Lipinski definition) is 1. The van der Waals surface area contributed by atoms with Crippen LogP contribution < -0.4 is 5.73 Å². The summed E-state index contributed by atoms with van der Waals surface area (Å²) in [4.78, 5) is 13.9. The number of hydrogen-bond acceptors (Lipinski definition) is 2. The van der Waals surface area contributed by atoms with Crippen LogP contribution in [0.2, 0.25) is 0 Å². The van der Waals surface area contributed by atoms with E-state index in [0.29, 0.717) is 18.7 Å². The Bertz CT molecular complexity index is 439. The average molecular weight is 301 g/mol. The van der Waals surface area contributed by atoms with Crippen molar-refractivity contribution < 1.29 is 9.18 Å². The monoisotopic (exact) mass is 300 g/mol. The maximum atomic E-state index is 13.3. The molecule has 2 N–H and O–H groups in total. The summed E-state index contributed by atoms with van der Waals surface area (Å²) in [5.74, 6) is -0.580. The van der Waals surface area contributed by atoms with Crippen LogP contribution in [0.3, 0.4) is 0 Å². The SMILES string of the molecule is NC1CCCN(C(=O)c2cccc(F)c2Br)C1. The van der Waals surface area contributed by atoms with Crippen LogP contribution in [-0.2, 0) is 0 Å². The summed E-state index contributed by atoms with van der Waals surface area (Å²) in [6.07, 6.45) is 1.84. The largest absolute Gasteiger partial charge is 0.337 e. The molecule has 5 heteroatoms. The first-order valence-corrected chi connectivity index (χ1v) is 6.37. The summed E-state index contributed by atoms with van der Waals surface area (Å²) in [6.45, 7) is 1.23. The van der Waals surface area contributed by atoms with E-state index in [0.717, 1.165) is 12.8 Å². The van der Waals surface area contributed by atoms with E-state index < -0.39 is 5.82 Å². The van der Waals surface area contributed by atoms with Gasteiger partial charge in [0.15, 0.2) is 0 Å². The molecule has 0 aliphatic carbocycles. The van der Waals surface area contributed by atoms with Gasteiger partial charge in [-0.1, -0.05) is 6.07 Å². The lowest BCUT2D eigenvalue weighted by Gasteiger charge is -2.31. The van der Waals surface area contributed by atoms with Crippen molar-refractivity contribution in [3.05, 3.63) is 34.1 Å². The first-order valence-electron chi connectivity index (χ1n) is 5.58. The molecule has 0 spiro atoms. The van der Waals surface area contributed by atoms with Gasteiger partial charge in [0.25, 0.3) is 5.91 Å². The number of rotatable bonds is 1. The van der Waals surface area contributed by atoms with E-state index in [2.05, 4.69) is 15.9 Å². The van der Waals surface area contributed by atoms with Crippen molar-refractivity contribution in [3.8, 4) is 0 Å². The Morgan fingerprint density at radius 1 is 1.53 bits per heavy atom. The molecule has 1 atom stereocenters. The lowest BCUT2D eigenvalue weighted by atomic mass is 10.1. The van der Waals surface area contributed by atoms with Crippen LogP contribution in [0, 0.1) is 5.82 Å². The fourth-order valence-electron chi connectivity index (χ4n) is 2.03. The van der Waals surface area contributed by atoms with Gasteiger partial charge in [-0.25, -0.2) is 4.39 Å². The Labute approximate surface area is 108 Å². The predicted octanol–water partition coefficient (Wildman–Crippen LogP) is 2.15. The molecule has 1 saturated heterocycles. The Balaban J connectivity index is 2.22. The molecule has 1 heterocycles. The van der Waals surface area contributed by atoms with Gasteiger partial charge in [-0.2, -0.15) is 0 Å². The fraction of sp³-hybridized carbons (Fsp3) is 0.417. The molecule has 0 saturated carbocycles. The van der Waals surface area contributed by atoms with Gasteiger partial charge < -0.3 is 10.6 Å². The molecule has 2 rings (SSSR count). The summed E-state index contributed by atoms with van der Waals surface area (Å²) in [7, 11) is 0. The fourth-order valence-corrected chi connectivity index (χ4v) is 2.47. The van der Waals surface area contributed by atoms with Crippen LogP contribution in [0.4, 0.5) is 4.39 Å². The number of carbonyl (C=O) groups is 1. The lowest BCUT2D eigenvalue weighted by molar-refractivity contribution is 0.0707. The van der Waals surface area contributed by atoms with Crippen molar-refractivity contribution in [2.75, 3.05) is 13.1 Å². The second-order valence-electron chi connectivity index (χ2n) is 4.25. The Hall–Kier alpha value is -0.940. The number of nitrogens with zero attached hydrogens (tertiary/aromatic N) is 1. The summed E-state index contributed by atoms with van der Waals surface area (Å²) in [5.41, 5.74) is 6.19. The van der Waals surface area contributed by atoms with Crippen molar-refractivity contribution in [1.29, 1.82) is 0 Å². The topological polar surface area (TPSA) is 46.3 Å². The van der Waals surface area contributed by atoms with Gasteiger partial charge in [0.1, 0.15) is 5.82 Å². The number of amides is 1. The van der Waals surface area contributed by atoms with Crippen LogP contribution in [-0.4, -0.2) is 29.9 Å². The zero-order valence-electron chi connectivity index (χ0n) is 9.33. The first kappa shape index (κ1) is 12.5. The van der Waals surface area contributed by atoms with Crippen LogP contribution in [0.1, 0.15) is 23.2 Å². The maximum absolute atomic E-state index is 13.3. The van der Waals surface area contributed by atoms with E-state index in [9.17, 15) is 9.18 Å². The predicted molar refractivity (Wildman–Crippen MR) is 67.2 cm³/mol. The van der Waals surface area contributed by atoms with E-state index >= 15 is 0 Å². The van der Waals surface area contributed by atoms with Crippen molar-refractivity contribution in [2.24, 2.45) is 5.73 Å². The number of benzene rings is 1. The highest BCUT2D eigenvalue weighted by Crippen LogP contribution is 2.23. The highest BCUT2D eigenvalue weighted by molar-refractivity contribution is 9.10. The molecule has 1 aliphatic rings. The quantitative estimate of drug-likeness (QED) is 0.864. The number of carbonyl (C=O) groups excluding carboxylic acids is 1. The smallest absolute Gasteiger partial charge is 0.255 e. The molecular weight excluding hydrogens is 287 g/mol. The van der Waals surface area contributed by atoms with Gasteiger partial charge in [-0.05, 0) is 40.9 Å². The first-order chi connectivity index (χ1) is 8.09. The summed E-state index contributed by atoms with van der Waals surface area (Å²) >= 11 is 3.11. The van der Waals surface area contributed by atoms with Crippen molar-refractivity contribution >= 4 is 21.8 Å². The van der Waals surface area contributed by atoms with Crippen molar-refractivity contribution in [3.63, 3.8) is 0 Å². The summed E-state index contributed by atoms with van der Waals surface area (Å²) < 4.78 is 13.6. The molecule has 0 bridgehead atoms. The zero-order chi connectivity index (χ0) is 12.4. The minimum atomic E-state index is -0.419. The number of likely N-dealkylation sites (tertiary alicyclic amines) is 1. The molecule has 17 heavy (non-hydrogen) atoms. The second-order valence-corrected chi connectivity index (χ2v) is 5.05. The molecule has 1 aliphatic heterocycles. The Morgan fingerprint density at radius 2 is 2.29 bits per heavy atom. The Morgan fingerprint density at radius 3 is 3.00 bits per heavy atom. The van der Waals surface area contributed by atoms with Gasteiger partial charge in [0, 0.05) is 19.1 Å². The van der Waals surface area contributed by atoms with Gasteiger partial charge in [-0.15, -0.1) is 0 Å². The summed E-state index contributed by atoms with van der Waals surface area (Å²) in [5, 5.41) is 0. The molecule has 92 valence electrons. The zero-order valence-corrected chi connectivity index (χ0v) is 10.9. The van der Waals surface area contributed by atoms with Gasteiger partial charge >= 0.3 is 0 Å². The minimum absolute atomic E-state index is 0.0278. The van der Waals surface area contributed by atoms with Gasteiger partial charge in [0.2, 0.25) is 0 Å². The van der Waals surface area contributed by atoms with E-state index in [1.54, 1.807) is 11.0 Å². The van der Waals surface area contributed by atoms with Crippen LogP contribution in [0.15, 0.2) is 22.7 Å². The third-order valence-electron chi connectivity index (χ3n) is 2.93. The number of nitrogens with two attached hydrogens (primary N) is 1. The van der Waals surface area contributed by atoms with Gasteiger partial charge in [0.05, 0.1) is 10.0 Å². The minimum Gasteiger partial charge on any atom is -0.337 e. The van der Waals surface area contributed by atoms with E-state index in [-0.39, 0.29) is 16.4 Å². The van der Waals surface area contributed by atoms with Crippen LogP contribution in [0.25, 0.3) is 0 Å². The highest BCUT2D eigenvalue weighted by atomic mass is 79.9. The number of halogens is 2. The third-order valence-corrected chi connectivity index (χ3v) is 3.73. The van der Waals surface area contributed by atoms with E-state index in [4.69, 9.17) is 5.73 Å². The molecule has 0 aromatic heterocycles. The average Bonchev–Trinajstić information content (AvgIpc) is 2.32. The molecule has 1 amide bonds. The van der Waals surface area contributed by atoms with Crippen LogP contribution in [0.5, 0.6) is 0 Å². The normalized spacial score (nSPS) is 20.4. The van der Waals surface area contributed by atoms with Gasteiger partial charge in [-0.3, -0.25) is 4.79 Å². The number of piperidine rings is 1. The Kier molecular flexibility index (Phi) is 3.79. The summed E-state index contributed by atoms with van der Waals surface area (Å²) in [6, 6.07) is 4.51. The van der Waals surface area contributed by atoms with E-state index in [1.165, 1.54) is 12.1 Å². The third kappa shape index (κ3) is 2.66.